The fourth-order valence-corrected chi connectivity index (χ4v) is 3.49. The van der Waals surface area contributed by atoms with Crippen LogP contribution in [-0.4, -0.2) is 22.2 Å². The normalized spacial score (nSPS) is 24.0. The monoisotopic (exact) mass is 286 g/mol. The molecule has 3 rings (SSSR count). The maximum atomic E-state index is 12.2. The van der Waals surface area contributed by atoms with Gasteiger partial charge in [0, 0.05) is 27.2 Å². The van der Waals surface area contributed by atoms with Crippen molar-refractivity contribution in [3.63, 3.8) is 0 Å². The first-order valence-corrected chi connectivity index (χ1v) is 7.14. The van der Waals surface area contributed by atoms with E-state index in [0.717, 1.165) is 30.5 Å². The molecule has 2 atom stereocenters. The summed E-state index contributed by atoms with van der Waals surface area (Å²) < 4.78 is 2.41. The predicted octanol–water partition coefficient (Wildman–Crippen LogP) is 0.358. The molecule has 0 saturated carbocycles. The summed E-state index contributed by atoms with van der Waals surface area (Å²) in [5.41, 5.74) is -0.836. The Morgan fingerprint density at radius 3 is 2.19 bits per heavy atom. The second kappa shape index (κ2) is 4.92. The highest BCUT2D eigenvalue weighted by atomic mass is 16.2. The first kappa shape index (κ1) is 13.7. The molecule has 1 aromatic heterocycles. The molecule has 0 aromatic carbocycles. The zero-order chi connectivity index (χ0) is 15.1. The molecule has 1 saturated heterocycles. The van der Waals surface area contributed by atoms with E-state index < -0.39 is 5.56 Å². The molecule has 6 heteroatoms. The Bertz CT molecular complexity index is 750. The quantitative estimate of drug-likeness (QED) is 0.699. The summed E-state index contributed by atoms with van der Waals surface area (Å²) in [4.78, 5) is 26.3. The molecule has 1 aromatic rings. The van der Waals surface area contributed by atoms with Crippen LogP contribution in [0.15, 0.2) is 21.7 Å². The highest BCUT2D eigenvalue weighted by Gasteiger charge is 2.35. The number of nitrogens with zero attached hydrogens (tertiary/aromatic N) is 4. The van der Waals surface area contributed by atoms with Crippen molar-refractivity contribution in [3.05, 3.63) is 38.6 Å². The molecule has 110 valence electrons. The van der Waals surface area contributed by atoms with Gasteiger partial charge in [-0.2, -0.15) is 5.26 Å². The second-order valence-electron chi connectivity index (χ2n) is 5.88. The molecule has 0 bridgehead atoms. The van der Waals surface area contributed by atoms with Gasteiger partial charge in [-0.15, -0.1) is 0 Å². The molecule has 0 N–H and O–H groups in total. The summed E-state index contributed by atoms with van der Waals surface area (Å²) in [5, 5.41) is 9.34. The minimum atomic E-state index is -0.511. The van der Waals surface area contributed by atoms with Gasteiger partial charge in [-0.1, -0.05) is 12.2 Å². The van der Waals surface area contributed by atoms with E-state index in [2.05, 4.69) is 12.2 Å². The van der Waals surface area contributed by atoms with Crippen molar-refractivity contribution in [2.45, 2.75) is 12.8 Å². The van der Waals surface area contributed by atoms with E-state index in [1.165, 1.54) is 11.6 Å². The van der Waals surface area contributed by atoms with Crippen molar-refractivity contribution >= 4 is 5.82 Å². The maximum Gasteiger partial charge on any atom is 0.332 e. The third-order valence-corrected chi connectivity index (χ3v) is 4.67. The van der Waals surface area contributed by atoms with Gasteiger partial charge in [-0.05, 0) is 24.7 Å². The van der Waals surface area contributed by atoms with E-state index in [1.807, 2.05) is 11.0 Å². The molecule has 0 spiro atoms. The largest absolute Gasteiger partial charge is 0.356 e. The highest BCUT2D eigenvalue weighted by molar-refractivity contribution is 5.54. The molecule has 0 amide bonds. The van der Waals surface area contributed by atoms with Crippen molar-refractivity contribution in [2.75, 3.05) is 18.0 Å². The Morgan fingerprint density at radius 2 is 1.67 bits per heavy atom. The molecule has 0 radical (unpaired) electrons. The van der Waals surface area contributed by atoms with Crippen LogP contribution in [0.4, 0.5) is 5.82 Å². The third kappa shape index (κ3) is 2.00. The number of aromatic nitrogens is 2. The van der Waals surface area contributed by atoms with Crippen LogP contribution in [-0.2, 0) is 14.1 Å². The van der Waals surface area contributed by atoms with Crippen LogP contribution in [0.2, 0.25) is 0 Å². The van der Waals surface area contributed by atoms with Crippen molar-refractivity contribution in [1.29, 1.82) is 5.26 Å². The van der Waals surface area contributed by atoms with Gasteiger partial charge in [0.15, 0.2) is 5.56 Å². The standard InChI is InChI=1S/C15H18N4O2/c1-17-13(12(7-16)14(20)18(2)15(17)21)19-8-10-5-3-4-6-11(10)9-19/h3-4,10-11H,5-6,8-9H2,1-2H3. The van der Waals surface area contributed by atoms with Crippen LogP contribution in [0.3, 0.4) is 0 Å². The number of anilines is 1. The van der Waals surface area contributed by atoms with Crippen LogP contribution in [0.25, 0.3) is 0 Å². The smallest absolute Gasteiger partial charge is 0.332 e. The molecule has 1 aliphatic heterocycles. The lowest BCUT2D eigenvalue weighted by Crippen LogP contribution is -2.42. The SMILES string of the molecule is Cn1c(N2CC3CC=CCC3C2)c(C#N)c(=O)n(C)c1=O. The Balaban J connectivity index is 2.10. The van der Waals surface area contributed by atoms with Crippen molar-refractivity contribution in [2.24, 2.45) is 25.9 Å². The second-order valence-corrected chi connectivity index (χ2v) is 5.88. The first-order valence-electron chi connectivity index (χ1n) is 7.14. The molecule has 6 nitrogen and oxygen atoms in total. The number of hydrogen-bond acceptors (Lipinski definition) is 4. The molecular weight excluding hydrogens is 268 g/mol. The summed E-state index contributed by atoms with van der Waals surface area (Å²) >= 11 is 0. The van der Waals surface area contributed by atoms with E-state index in [9.17, 15) is 14.9 Å². The maximum absolute atomic E-state index is 12.2. The lowest BCUT2D eigenvalue weighted by atomic mass is 9.86. The van der Waals surface area contributed by atoms with E-state index in [4.69, 9.17) is 0 Å². The minimum Gasteiger partial charge on any atom is -0.356 e. The van der Waals surface area contributed by atoms with E-state index in [-0.39, 0.29) is 11.3 Å². The summed E-state index contributed by atoms with van der Waals surface area (Å²) in [5.74, 6) is 1.56. The Morgan fingerprint density at radius 1 is 1.10 bits per heavy atom. The molecule has 1 fully saturated rings. The summed E-state index contributed by atoms with van der Waals surface area (Å²) in [6.07, 6.45) is 6.45. The number of hydrogen-bond donors (Lipinski definition) is 0. The van der Waals surface area contributed by atoms with Gasteiger partial charge in [0.2, 0.25) is 0 Å². The van der Waals surface area contributed by atoms with Gasteiger partial charge in [-0.3, -0.25) is 13.9 Å². The molecule has 1 aliphatic carbocycles. The van der Waals surface area contributed by atoms with Gasteiger partial charge in [0.1, 0.15) is 11.9 Å². The van der Waals surface area contributed by atoms with Crippen LogP contribution in [0.5, 0.6) is 0 Å². The Hall–Kier alpha value is -2.29. The lowest BCUT2D eigenvalue weighted by molar-refractivity contribution is 0.411. The first-order chi connectivity index (χ1) is 10.0. The van der Waals surface area contributed by atoms with E-state index in [0.29, 0.717) is 17.7 Å². The average molecular weight is 286 g/mol. The number of allylic oxidation sites excluding steroid dienone is 2. The van der Waals surface area contributed by atoms with Gasteiger partial charge in [0.05, 0.1) is 0 Å². The summed E-state index contributed by atoms with van der Waals surface area (Å²) in [7, 11) is 3.03. The van der Waals surface area contributed by atoms with Crippen LogP contribution in [0, 0.1) is 23.2 Å². The topological polar surface area (TPSA) is 71.0 Å². The molecule has 2 unspecified atom stereocenters. The van der Waals surface area contributed by atoms with Gasteiger partial charge >= 0.3 is 5.69 Å². The molecule has 2 heterocycles. The highest BCUT2D eigenvalue weighted by Crippen LogP contribution is 2.35. The molecular formula is C15H18N4O2. The summed E-state index contributed by atoms with van der Waals surface area (Å²) in [6.45, 7) is 1.59. The van der Waals surface area contributed by atoms with Crippen LogP contribution in [0.1, 0.15) is 18.4 Å². The van der Waals surface area contributed by atoms with Crippen LogP contribution >= 0.6 is 0 Å². The van der Waals surface area contributed by atoms with Gasteiger partial charge < -0.3 is 4.90 Å². The summed E-state index contributed by atoms with van der Waals surface area (Å²) in [6, 6.07) is 1.98. The van der Waals surface area contributed by atoms with E-state index >= 15 is 0 Å². The number of rotatable bonds is 1. The van der Waals surface area contributed by atoms with Crippen molar-refractivity contribution in [1.82, 2.24) is 9.13 Å². The zero-order valence-electron chi connectivity index (χ0n) is 12.2. The zero-order valence-corrected chi connectivity index (χ0v) is 12.2. The van der Waals surface area contributed by atoms with E-state index in [1.54, 1.807) is 7.05 Å². The fraction of sp³-hybridized carbons (Fsp3) is 0.533. The average Bonchev–Trinajstić information content (AvgIpc) is 2.91. The van der Waals surface area contributed by atoms with Crippen molar-refractivity contribution < 1.29 is 0 Å². The Kier molecular flexibility index (Phi) is 3.20. The predicted molar refractivity (Wildman–Crippen MR) is 79.2 cm³/mol. The van der Waals surface area contributed by atoms with Crippen LogP contribution < -0.4 is 16.1 Å². The van der Waals surface area contributed by atoms with Gasteiger partial charge in [-0.25, -0.2) is 4.79 Å². The third-order valence-electron chi connectivity index (χ3n) is 4.67. The van der Waals surface area contributed by atoms with Gasteiger partial charge in [0.25, 0.3) is 5.56 Å². The van der Waals surface area contributed by atoms with Crippen molar-refractivity contribution in [3.8, 4) is 6.07 Å². The molecule has 2 aliphatic rings. The number of nitriles is 1. The molecule has 21 heavy (non-hydrogen) atoms. The fourth-order valence-electron chi connectivity index (χ4n) is 3.49. The number of fused-ring (bicyclic) bond motifs is 1. The lowest BCUT2D eigenvalue weighted by Gasteiger charge is -2.22. The minimum absolute atomic E-state index is 0.0613. The Labute approximate surface area is 122 Å².